The zero-order chi connectivity index (χ0) is 14.0. The Morgan fingerprint density at radius 3 is 2.53 bits per heavy atom. The number of hydrogen-bond donors (Lipinski definition) is 2. The van der Waals surface area contributed by atoms with Crippen molar-refractivity contribution in [3.05, 3.63) is 29.8 Å². The van der Waals surface area contributed by atoms with Gasteiger partial charge >= 0.3 is 0 Å². The maximum atomic E-state index is 11.8. The second-order valence-corrected chi connectivity index (χ2v) is 4.73. The smallest absolute Gasteiger partial charge is 0.249 e. The Morgan fingerprint density at radius 1 is 1.37 bits per heavy atom. The molecule has 2 atom stereocenters. The lowest BCUT2D eigenvalue weighted by Crippen LogP contribution is -2.58. The van der Waals surface area contributed by atoms with Crippen LogP contribution in [0, 0.1) is 0 Å². The average molecular weight is 262 g/mol. The molecule has 1 saturated heterocycles. The summed E-state index contributed by atoms with van der Waals surface area (Å²) in [6, 6.07) is 6.95. The van der Waals surface area contributed by atoms with E-state index in [1.807, 2.05) is 31.2 Å². The molecule has 0 bridgehead atoms. The van der Waals surface area contributed by atoms with Crippen LogP contribution in [0.3, 0.4) is 0 Å². The van der Waals surface area contributed by atoms with Crippen molar-refractivity contribution in [3.63, 3.8) is 0 Å². The minimum atomic E-state index is -0.526. The molecule has 1 unspecified atom stereocenters. The average Bonchev–Trinajstić information content (AvgIpc) is 2.38. The number of nitrogens with one attached hydrogen (secondary N) is 1. The van der Waals surface area contributed by atoms with Crippen molar-refractivity contribution in [2.24, 2.45) is 0 Å². The molecular weight excluding hydrogens is 244 g/mol. The number of carbonyl (C=O) groups excluding carboxylic acids is 2. The monoisotopic (exact) mass is 262 g/mol. The molecular formula is C14H18N2O3. The quantitative estimate of drug-likeness (QED) is 0.797. The molecule has 1 aromatic rings. The number of carbonyl (C=O) groups is 2. The SMILES string of the molecule is CCC1C(=O)NC(=O)CN1c1ccc([C@H](C)O)cc1. The molecule has 19 heavy (non-hydrogen) atoms. The normalized spacial score (nSPS) is 21.2. The molecule has 0 aliphatic carbocycles. The van der Waals surface area contributed by atoms with Gasteiger partial charge in [0.25, 0.3) is 0 Å². The maximum Gasteiger partial charge on any atom is 0.249 e. The summed E-state index contributed by atoms with van der Waals surface area (Å²) in [4.78, 5) is 25.1. The van der Waals surface area contributed by atoms with Gasteiger partial charge in [0.05, 0.1) is 12.6 Å². The summed E-state index contributed by atoms with van der Waals surface area (Å²) in [5.74, 6) is -0.535. The van der Waals surface area contributed by atoms with Gasteiger partial charge in [-0.3, -0.25) is 14.9 Å². The van der Waals surface area contributed by atoms with E-state index < -0.39 is 6.10 Å². The van der Waals surface area contributed by atoms with Crippen LogP contribution in [-0.4, -0.2) is 29.5 Å². The lowest BCUT2D eigenvalue weighted by Gasteiger charge is -2.35. The van der Waals surface area contributed by atoms with Gasteiger partial charge in [0, 0.05) is 5.69 Å². The summed E-state index contributed by atoms with van der Waals surface area (Å²) in [6.45, 7) is 3.79. The lowest BCUT2D eigenvalue weighted by molar-refractivity contribution is -0.132. The first-order valence-electron chi connectivity index (χ1n) is 6.41. The van der Waals surface area contributed by atoms with Crippen LogP contribution in [0.5, 0.6) is 0 Å². The fraction of sp³-hybridized carbons (Fsp3) is 0.429. The van der Waals surface area contributed by atoms with Gasteiger partial charge in [-0.15, -0.1) is 0 Å². The van der Waals surface area contributed by atoms with Crippen molar-refractivity contribution in [1.82, 2.24) is 5.32 Å². The minimum Gasteiger partial charge on any atom is -0.389 e. The first-order chi connectivity index (χ1) is 9.02. The Labute approximate surface area is 112 Å². The van der Waals surface area contributed by atoms with Gasteiger partial charge in [0.1, 0.15) is 6.04 Å². The topological polar surface area (TPSA) is 69.6 Å². The van der Waals surface area contributed by atoms with E-state index in [0.717, 1.165) is 11.3 Å². The fourth-order valence-electron chi connectivity index (χ4n) is 2.29. The van der Waals surface area contributed by atoms with Gasteiger partial charge in [-0.05, 0) is 31.0 Å². The third kappa shape index (κ3) is 2.76. The molecule has 1 aliphatic heterocycles. The number of aliphatic hydroxyl groups is 1. The van der Waals surface area contributed by atoms with Crippen LogP contribution < -0.4 is 10.2 Å². The Kier molecular flexibility index (Phi) is 3.85. The summed E-state index contributed by atoms with van der Waals surface area (Å²) >= 11 is 0. The standard InChI is InChI=1S/C14H18N2O3/c1-3-12-14(19)15-13(18)8-16(12)11-6-4-10(5-7-11)9(2)17/h4-7,9,12,17H,3,8H2,1-2H3,(H,15,18,19)/t9-,12?/m0/s1. The maximum absolute atomic E-state index is 11.8. The van der Waals surface area contributed by atoms with Crippen LogP contribution >= 0.6 is 0 Å². The van der Waals surface area contributed by atoms with Crippen molar-refractivity contribution in [3.8, 4) is 0 Å². The van der Waals surface area contributed by atoms with E-state index in [2.05, 4.69) is 5.32 Å². The number of imide groups is 1. The molecule has 2 rings (SSSR count). The van der Waals surface area contributed by atoms with Crippen LogP contribution in [0.25, 0.3) is 0 Å². The third-order valence-corrected chi connectivity index (χ3v) is 3.35. The minimum absolute atomic E-state index is 0.179. The first kappa shape index (κ1) is 13.5. The largest absolute Gasteiger partial charge is 0.389 e. The van der Waals surface area contributed by atoms with Crippen molar-refractivity contribution < 1.29 is 14.7 Å². The number of nitrogens with zero attached hydrogens (tertiary/aromatic N) is 1. The Bertz CT molecular complexity index is 482. The van der Waals surface area contributed by atoms with Gasteiger partial charge in [-0.1, -0.05) is 19.1 Å². The third-order valence-electron chi connectivity index (χ3n) is 3.35. The Balaban J connectivity index is 2.27. The van der Waals surface area contributed by atoms with E-state index in [-0.39, 0.29) is 24.4 Å². The summed E-state index contributed by atoms with van der Waals surface area (Å²) in [7, 11) is 0. The molecule has 102 valence electrons. The van der Waals surface area contributed by atoms with E-state index in [0.29, 0.717) is 6.42 Å². The van der Waals surface area contributed by atoms with Gasteiger partial charge in [0.2, 0.25) is 11.8 Å². The van der Waals surface area contributed by atoms with Crippen LogP contribution in [0.4, 0.5) is 5.69 Å². The number of piperazine rings is 1. The van der Waals surface area contributed by atoms with Crippen LogP contribution in [-0.2, 0) is 9.59 Å². The summed E-state index contributed by atoms with van der Waals surface area (Å²) in [5, 5.41) is 11.8. The highest BCUT2D eigenvalue weighted by molar-refractivity contribution is 6.04. The molecule has 0 aromatic heterocycles. The number of benzene rings is 1. The molecule has 0 spiro atoms. The number of hydrogen-bond acceptors (Lipinski definition) is 4. The first-order valence-corrected chi connectivity index (χ1v) is 6.41. The fourth-order valence-corrected chi connectivity index (χ4v) is 2.29. The molecule has 1 aliphatic rings. The zero-order valence-electron chi connectivity index (χ0n) is 11.1. The molecule has 1 heterocycles. The zero-order valence-corrected chi connectivity index (χ0v) is 11.1. The number of rotatable bonds is 3. The number of anilines is 1. The molecule has 2 amide bonds. The van der Waals surface area contributed by atoms with E-state index in [9.17, 15) is 14.7 Å². The molecule has 1 fully saturated rings. The van der Waals surface area contributed by atoms with Gasteiger partial charge in [-0.25, -0.2) is 0 Å². The second-order valence-electron chi connectivity index (χ2n) is 4.73. The van der Waals surface area contributed by atoms with Crippen molar-refractivity contribution >= 4 is 17.5 Å². The Hall–Kier alpha value is -1.88. The number of aliphatic hydroxyl groups excluding tert-OH is 1. The highest BCUT2D eigenvalue weighted by atomic mass is 16.3. The van der Waals surface area contributed by atoms with Gasteiger partial charge < -0.3 is 10.0 Å². The van der Waals surface area contributed by atoms with E-state index in [1.165, 1.54) is 0 Å². The molecule has 1 aromatic carbocycles. The summed E-state index contributed by atoms with van der Waals surface area (Å²) in [6.07, 6.45) is 0.111. The molecule has 0 saturated carbocycles. The highest BCUT2D eigenvalue weighted by Crippen LogP contribution is 2.23. The van der Waals surface area contributed by atoms with Crippen molar-refractivity contribution in [2.45, 2.75) is 32.4 Å². The van der Waals surface area contributed by atoms with E-state index >= 15 is 0 Å². The lowest BCUT2D eigenvalue weighted by atomic mass is 10.1. The summed E-state index contributed by atoms with van der Waals surface area (Å²) < 4.78 is 0. The molecule has 0 radical (unpaired) electrons. The van der Waals surface area contributed by atoms with Crippen LogP contribution in [0.1, 0.15) is 31.9 Å². The molecule has 5 nitrogen and oxygen atoms in total. The van der Waals surface area contributed by atoms with Crippen molar-refractivity contribution in [2.75, 3.05) is 11.4 Å². The van der Waals surface area contributed by atoms with Crippen LogP contribution in [0.2, 0.25) is 0 Å². The molecule has 5 heteroatoms. The predicted molar refractivity (Wildman–Crippen MR) is 71.7 cm³/mol. The van der Waals surface area contributed by atoms with Gasteiger partial charge in [-0.2, -0.15) is 0 Å². The predicted octanol–water partition coefficient (Wildman–Crippen LogP) is 0.981. The van der Waals surface area contributed by atoms with E-state index in [1.54, 1.807) is 11.8 Å². The van der Waals surface area contributed by atoms with Crippen LogP contribution in [0.15, 0.2) is 24.3 Å². The highest BCUT2D eigenvalue weighted by Gasteiger charge is 2.32. The van der Waals surface area contributed by atoms with E-state index in [4.69, 9.17) is 0 Å². The Morgan fingerprint density at radius 2 is 2.00 bits per heavy atom. The second kappa shape index (κ2) is 5.40. The van der Waals surface area contributed by atoms with Gasteiger partial charge in [0.15, 0.2) is 0 Å². The van der Waals surface area contributed by atoms with Crippen molar-refractivity contribution in [1.29, 1.82) is 0 Å². The summed E-state index contributed by atoms with van der Waals surface area (Å²) in [5.41, 5.74) is 1.63. The molecule has 2 N–H and O–H groups in total. The number of amides is 2.